The average Bonchev–Trinajstić information content (AvgIpc) is 2.81. The summed E-state index contributed by atoms with van der Waals surface area (Å²) in [4.78, 5) is 31.2. The second-order valence-corrected chi connectivity index (χ2v) is 5.91. The highest BCUT2D eigenvalue weighted by atomic mass is 16.2. The number of ketones is 1. The maximum Gasteiger partial charge on any atom is 0.236 e. The van der Waals surface area contributed by atoms with Crippen LogP contribution in [-0.2, 0) is 4.79 Å². The quantitative estimate of drug-likeness (QED) is 0.860. The Morgan fingerprint density at radius 2 is 1.82 bits per heavy atom. The molecule has 0 aliphatic heterocycles. The van der Waals surface area contributed by atoms with Gasteiger partial charge in [0.2, 0.25) is 5.91 Å². The number of carbonyl (C=O) groups is 2. The summed E-state index contributed by atoms with van der Waals surface area (Å²) in [6.07, 6.45) is 0. The van der Waals surface area contributed by atoms with E-state index in [1.807, 2.05) is 38.1 Å². The number of hydrogen-bond donors (Lipinski definition) is 1. The summed E-state index contributed by atoms with van der Waals surface area (Å²) in [6, 6.07) is 7.42. The van der Waals surface area contributed by atoms with E-state index in [4.69, 9.17) is 0 Å². The average molecular weight is 301 g/mol. The van der Waals surface area contributed by atoms with Crippen molar-refractivity contribution >= 4 is 22.6 Å². The lowest BCUT2D eigenvalue weighted by Gasteiger charge is -2.24. The fourth-order valence-corrected chi connectivity index (χ4v) is 2.49. The largest absolute Gasteiger partial charge is 0.358 e. The van der Waals surface area contributed by atoms with Gasteiger partial charge in [-0.25, -0.2) is 0 Å². The van der Waals surface area contributed by atoms with Gasteiger partial charge in [0.25, 0.3) is 0 Å². The smallest absolute Gasteiger partial charge is 0.236 e. The van der Waals surface area contributed by atoms with E-state index < -0.39 is 0 Å². The van der Waals surface area contributed by atoms with Gasteiger partial charge < -0.3 is 9.88 Å². The molecular formula is C17H23N3O2. The van der Waals surface area contributed by atoms with Crippen LogP contribution in [0.25, 0.3) is 10.9 Å². The molecule has 0 saturated carbocycles. The van der Waals surface area contributed by atoms with Crippen LogP contribution in [-0.4, -0.2) is 60.2 Å². The number of likely N-dealkylation sites (N-methyl/N-ethyl adjacent to an activating group) is 2. The van der Waals surface area contributed by atoms with Crippen molar-refractivity contribution in [1.82, 2.24) is 14.8 Å². The molecule has 0 saturated heterocycles. The number of rotatable bonds is 5. The topological polar surface area (TPSA) is 56.4 Å². The molecule has 1 amide bonds. The van der Waals surface area contributed by atoms with Crippen molar-refractivity contribution < 1.29 is 9.59 Å². The number of H-pyrrole nitrogens is 1. The number of aromatic nitrogens is 1. The number of nitrogens with one attached hydrogen (secondary N) is 1. The lowest BCUT2D eigenvalue weighted by Crippen LogP contribution is -2.42. The third-order valence-electron chi connectivity index (χ3n) is 4.06. The molecule has 2 rings (SSSR count). The summed E-state index contributed by atoms with van der Waals surface area (Å²) >= 11 is 0. The molecule has 0 spiro atoms. The second kappa shape index (κ2) is 6.32. The third kappa shape index (κ3) is 3.04. The number of para-hydroxylation sites is 1. The summed E-state index contributed by atoms with van der Waals surface area (Å²) in [5.41, 5.74) is 2.54. The van der Waals surface area contributed by atoms with Gasteiger partial charge in [-0.3, -0.25) is 14.5 Å². The van der Waals surface area contributed by atoms with Crippen molar-refractivity contribution in [3.8, 4) is 0 Å². The number of aryl methyl sites for hydroxylation is 1. The Morgan fingerprint density at radius 3 is 2.45 bits per heavy atom. The van der Waals surface area contributed by atoms with Crippen LogP contribution in [0.4, 0.5) is 0 Å². The first kappa shape index (κ1) is 16.2. The molecule has 1 aromatic heterocycles. The molecule has 5 nitrogen and oxygen atoms in total. The first-order valence-electron chi connectivity index (χ1n) is 7.34. The van der Waals surface area contributed by atoms with E-state index in [0.29, 0.717) is 5.56 Å². The minimum Gasteiger partial charge on any atom is -0.358 e. The maximum absolute atomic E-state index is 12.8. The van der Waals surface area contributed by atoms with E-state index >= 15 is 0 Å². The molecule has 0 aliphatic carbocycles. The lowest BCUT2D eigenvalue weighted by molar-refractivity contribution is -0.129. The minimum absolute atomic E-state index is 0.0159. The van der Waals surface area contributed by atoms with E-state index in [2.05, 4.69) is 4.98 Å². The number of benzene rings is 1. The summed E-state index contributed by atoms with van der Waals surface area (Å²) in [5, 5.41) is 0.934. The van der Waals surface area contributed by atoms with Gasteiger partial charge in [-0.1, -0.05) is 18.2 Å². The van der Waals surface area contributed by atoms with Gasteiger partial charge in [-0.2, -0.15) is 0 Å². The Bertz CT molecular complexity index is 703. The zero-order valence-corrected chi connectivity index (χ0v) is 13.8. The highest BCUT2D eigenvalue weighted by Gasteiger charge is 2.25. The summed E-state index contributed by atoms with van der Waals surface area (Å²) in [5.74, 6) is 0.0156. The molecule has 118 valence electrons. The Labute approximate surface area is 130 Å². The molecule has 22 heavy (non-hydrogen) atoms. The van der Waals surface area contributed by atoms with Gasteiger partial charge in [0.05, 0.1) is 12.6 Å². The molecule has 0 radical (unpaired) electrons. The highest BCUT2D eigenvalue weighted by molar-refractivity contribution is 6.11. The van der Waals surface area contributed by atoms with Gasteiger partial charge in [0, 0.05) is 36.3 Å². The van der Waals surface area contributed by atoms with Crippen LogP contribution in [0, 0.1) is 6.92 Å². The van der Waals surface area contributed by atoms with E-state index in [1.165, 1.54) is 4.90 Å². The minimum atomic E-state index is -0.359. The standard InChI is InChI=1S/C17H23N3O2/c1-11-16(13-8-6-7-9-14(13)18-11)17(22)12(2)20(5)10-15(21)19(3)4/h6-9,12,18H,10H2,1-5H3/t12-/m1/s1. The number of aromatic amines is 1. The molecule has 0 bridgehead atoms. The SMILES string of the molecule is Cc1[nH]c2ccccc2c1C(=O)[C@@H](C)N(C)CC(=O)N(C)C. The molecule has 1 heterocycles. The monoisotopic (exact) mass is 301 g/mol. The van der Waals surface area contributed by atoms with E-state index in [1.54, 1.807) is 26.0 Å². The van der Waals surface area contributed by atoms with Gasteiger partial charge in [0.15, 0.2) is 5.78 Å². The van der Waals surface area contributed by atoms with Crippen LogP contribution in [0.2, 0.25) is 0 Å². The molecule has 1 N–H and O–H groups in total. The van der Waals surface area contributed by atoms with Gasteiger partial charge in [-0.05, 0) is 27.0 Å². The van der Waals surface area contributed by atoms with Crippen molar-refractivity contribution in [2.24, 2.45) is 0 Å². The Hall–Kier alpha value is -2.14. The van der Waals surface area contributed by atoms with Gasteiger partial charge in [0.1, 0.15) is 0 Å². The Balaban J connectivity index is 2.26. The van der Waals surface area contributed by atoms with Gasteiger partial charge >= 0.3 is 0 Å². The number of Topliss-reactive ketones (excluding diaryl/α,β-unsaturated/α-hetero) is 1. The maximum atomic E-state index is 12.8. The summed E-state index contributed by atoms with van der Waals surface area (Å²) in [6.45, 7) is 3.97. The van der Waals surface area contributed by atoms with Crippen molar-refractivity contribution in [3.63, 3.8) is 0 Å². The van der Waals surface area contributed by atoms with E-state index in [-0.39, 0.29) is 24.3 Å². The molecule has 1 aromatic carbocycles. The van der Waals surface area contributed by atoms with Crippen LogP contribution >= 0.6 is 0 Å². The second-order valence-electron chi connectivity index (χ2n) is 5.91. The molecule has 2 aromatic rings. The fraction of sp³-hybridized carbons (Fsp3) is 0.412. The predicted molar refractivity (Wildman–Crippen MR) is 88.2 cm³/mol. The first-order chi connectivity index (χ1) is 10.3. The molecule has 1 atom stereocenters. The fourth-order valence-electron chi connectivity index (χ4n) is 2.49. The van der Waals surface area contributed by atoms with E-state index in [9.17, 15) is 9.59 Å². The zero-order chi connectivity index (χ0) is 16.4. The van der Waals surface area contributed by atoms with Crippen LogP contribution < -0.4 is 0 Å². The number of fused-ring (bicyclic) bond motifs is 1. The summed E-state index contributed by atoms with van der Waals surface area (Å²) in [7, 11) is 5.23. The van der Waals surface area contributed by atoms with Crippen LogP contribution in [0.1, 0.15) is 23.0 Å². The molecule has 0 fully saturated rings. The molecule has 0 unspecified atom stereocenters. The number of nitrogens with zero attached hydrogens (tertiary/aromatic N) is 2. The van der Waals surface area contributed by atoms with E-state index in [0.717, 1.165) is 16.6 Å². The van der Waals surface area contributed by atoms with Crippen molar-refractivity contribution in [3.05, 3.63) is 35.5 Å². The van der Waals surface area contributed by atoms with Crippen LogP contribution in [0.3, 0.4) is 0 Å². The third-order valence-corrected chi connectivity index (χ3v) is 4.06. The highest BCUT2D eigenvalue weighted by Crippen LogP contribution is 2.24. The van der Waals surface area contributed by atoms with Crippen molar-refractivity contribution in [1.29, 1.82) is 0 Å². The molecule has 0 aliphatic rings. The van der Waals surface area contributed by atoms with Crippen molar-refractivity contribution in [2.75, 3.05) is 27.7 Å². The number of carbonyl (C=O) groups excluding carboxylic acids is 2. The number of hydrogen-bond acceptors (Lipinski definition) is 3. The van der Waals surface area contributed by atoms with Crippen LogP contribution in [0.15, 0.2) is 24.3 Å². The number of amides is 1. The Morgan fingerprint density at radius 1 is 1.18 bits per heavy atom. The summed E-state index contributed by atoms with van der Waals surface area (Å²) < 4.78 is 0. The van der Waals surface area contributed by atoms with Crippen LogP contribution in [0.5, 0.6) is 0 Å². The molecular weight excluding hydrogens is 278 g/mol. The van der Waals surface area contributed by atoms with Crippen molar-refractivity contribution in [2.45, 2.75) is 19.9 Å². The zero-order valence-electron chi connectivity index (χ0n) is 13.8. The molecule has 5 heteroatoms. The predicted octanol–water partition coefficient (Wildman–Crippen LogP) is 2.07. The van der Waals surface area contributed by atoms with Gasteiger partial charge in [-0.15, -0.1) is 0 Å². The Kier molecular flexibility index (Phi) is 4.66. The normalized spacial score (nSPS) is 12.6. The lowest BCUT2D eigenvalue weighted by atomic mass is 10.0. The first-order valence-corrected chi connectivity index (χ1v) is 7.34.